The first-order valence-electron chi connectivity index (χ1n) is 6.32. The van der Waals surface area contributed by atoms with E-state index in [0.29, 0.717) is 12.5 Å². The van der Waals surface area contributed by atoms with Crippen molar-refractivity contribution in [3.8, 4) is 5.75 Å². The summed E-state index contributed by atoms with van der Waals surface area (Å²) in [5.74, 6) is 1.24. The van der Waals surface area contributed by atoms with Gasteiger partial charge < -0.3 is 10.5 Å². The molecule has 100 valence electrons. The Labute approximate surface area is 122 Å². The molecule has 0 aliphatic heterocycles. The summed E-state index contributed by atoms with van der Waals surface area (Å²) in [6, 6.07) is 16.5. The average Bonchev–Trinajstić information content (AvgIpc) is 2.46. The second kappa shape index (κ2) is 6.73. The maximum atomic E-state index is 5.93. The highest BCUT2D eigenvalue weighted by Gasteiger charge is 2.13. The fourth-order valence-electron chi connectivity index (χ4n) is 2.21. The third-order valence-corrected chi connectivity index (χ3v) is 3.81. The lowest BCUT2D eigenvalue weighted by molar-refractivity contribution is 0.408. The summed E-state index contributed by atoms with van der Waals surface area (Å²) in [4.78, 5) is 0. The van der Waals surface area contributed by atoms with Crippen molar-refractivity contribution < 1.29 is 4.74 Å². The molecule has 2 aromatic carbocycles. The van der Waals surface area contributed by atoms with E-state index in [-0.39, 0.29) is 0 Å². The van der Waals surface area contributed by atoms with Crippen LogP contribution in [0.25, 0.3) is 0 Å². The molecule has 0 aromatic heterocycles. The fraction of sp³-hybridized carbons (Fsp3) is 0.250. The van der Waals surface area contributed by atoms with Crippen LogP contribution in [-0.2, 0) is 6.42 Å². The number of benzene rings is 2. The Balaban J connectivity index is 2.21. The van der Waals surface area contributed by atoms with E-state index in [9.17, 15) is 0 Å². The number of rotatable bonds is 5. The van der Waals surface area contributed by atoms with Crippen LogP contribution in [0.5, 0.6) is 5.75 Å². The number of hydrogen-bond donors (Lipinski definition) is 1. The van der Waals surface area contributed by atoms with Gasteiger partial charge in [-0.3, -0.25) is 0 Å². The number of nitrogens with two attached hydrogens (primary N) is 1. The molecule has 0 radical (unpaired) electrons. The summed E-state index contributed by atoms with van der Waals surface area (Å²) in [6.45, 7) is 0.625. The normalized spacial score (nSPS) is 12.2. The van der Waals surface area contributed by atoms with E-state index in [0.717, 1.165) is 16.6 Å². The quantitative estimate of drug-likeness (QED) is 0.911. The van der Waals surface area contributed by atoms with E-state index in [1.807, 2.05) is 18.2 Å². The summed E-state index contributed by atoms with van der Waals surface area (Å²) in [7, 11) is 1.70. The molecule has 2 N–H and O–H groups in total. The number of methoxy groups -OCH3 is 1. The molecule has 0 saturated carbocycles. The highest BCUT2D eigenvalue weighted by Crippen LogP contribution is 2.26. The van der Waals surface area contributed by atoms with Gasteiger partial charge in [0.2, 0.25) is 0 Å². The van der Waals surface area contributed by atoms with Gasteiger partial charge in [0, 0.05) is 10.4 Å². The molecule has 0 fully saturated rings. The van der Waals surface area contributed by atoms with Crippen LogP contribution < -0.4 is 10.5 Å². The molecule has 2 rings (SSSR count). The van der Waals surface area contributed by atoms with Gasteiger partial charge in [-0.2, -0.15) is 0 Å². The van der Waals surface area contributed by atoms with Crippen molar-refractivity contribution in [3.63, 3.8) is 0 Å². The van der Waals surface area contributed by atoms with Crippen LogP contribution in [0.2, 0.25) is 0 Å². The van der Waals surface area contributed by atoms with Crippen molar-refractivity contribution in [2.45, 2.75) is 12.3 Å². The molecule has 3 heteroatoms. The minimum absolute atomic E-state index is 0.310. The van der Waals surface area contributed by atoms with Crippen molar-refractivity contribution in [1.82, 2.24) is 0 Å². The number of ether oxygens (including phenoxy) is 1. The lowest BCUT2D eigenvalue weighted by atomic mass is 9.92. The van der Waals surface area contributed by atoms with Crippen LogP contribution >= 0.6 is 15.9 Å². The van der Waals surface area contributed by atoms with Crippen LogP contribution in [-0.4, -0.2) is 13.7 Å². The monoisotopic (exact) mass is 319 g/mol. The second-order valence-electron chi connectivity index (χ2n) is 4.50. The standard InChI is InChI=1S/C16H18BrNO/c1-19-16-5-3-2-4-13(16)10-14(11-18)12-6-8-15(17)9-7-12/h2-9,14H,10-11,18H2,1H3. The first-order chi connectivity index (χ1) is 9.24. The van der Waals surface area contributed by atoms with E-state index < -0.39 is 0 Å². The second-order valence-corrected chi connectivity index (χ2v) is 5.42. The minimum Gasteiger partial charge on any atom is -0.496 e. The third-order valence-electron chi connectivity index (χ3n) is 3.28. The maximum Gasteiger partial charge on any atom is 0.122 e. The zero-order valence-electron chi connectivity index (χ0n) is 11.0. The van der Waals surface area contributed by atoms with Gasteiger partial charge in [0.1, 0.15) is 5.75 Å². The van der Waals surface area contributed by atoms with Crippen molar-refractivity contribution in [2.24, 2.45) is 5.73 Å². The van der Waals surface area contributed by atoms with Gasteiger partial charge >= 0.3 is 0 Å². The molecule has 1 unspecified atom stereocenters. The Hall–Kier alpha value is -1.32. The zero-order valence-corrected chi connectivity index (χ0v) is 12.6. The van der Waals surface area contributed by atoms with E-state index in [1.165, 1.54) is 11.1 Å². The van der Waals surface area contributed by atoms with Gasteiger partial charge in [-0.15, -0.1) is 0 Å². The van der Waals surface area contributed by atoms with Crippen molar-refractivity contribution in [3.05, 3.63) is 64.1 Å². The first-order valence-corrected chi connectivity index (χ1v) is 7.11. The molecule has 1 atom stereocenters. The van der Waals surface area contributed by atoms with Crippen molar-refractivity contribution >= 4 is 15.9 Å². The molecule has 0 saturated heterocycles. The molecular formula is C16H18BrNO. The highest BCUT2D eigenvalue weighted by atomic mass is 79.9. The van der Waals surface area contributed by atoms with Crippen molar-refractivity contribution in [1.29, 1.82) is 0 Å². The molecule has 0 aliphatic carbocycles. The molecule has 19 heavy (non-hydrogen) atoms. The summed E-state index contributed by atoms with van der Waals surface area (Å²) in [6.07, 6.45) is 0.891. The van der Waals surface area contributed by atoms with E-state index in [2.05, 4.69) is 46.3 Å². The first kappa shape index (κ1) is 14.1. The van der Waals surface area contributed by atoms with E-state index in [4.69, 9.17) is 10.5 Å². The van der Waals surface area contributed by atoms with Crippen LogP contribution in [0, 0.1) is 0 Å². The van der Waals surface area contributed by atoms with Crippen LogP contribution in [0.1, 0.15) is 17.0 Å². The Morgan fingerprint density at radius 1 is 1.11 bits per heavy atom. The van der Waals surface area contributed by atoms with Gasteiger partial charge in [0.05, 0.1) is 7.11 Å². The van der Waals surface area contributed by atoms with E-state index in [1.54, 1.807) is 7.11 Å². The molecule has 0 aliphatic rings. The van der Waals surface area contributed by atoms with Crippen molar-refractivity contribution in [2.75, 3.05) is 13.7 Å². The Kier molecular flexibility index (Phi) is 5.00. The molecule has 0 amide bonds. The maximum absolute atomic E-state index is 5.93. The van der Waals surface area contributed by atoms with Crippen LogP contribution in [0.15, 0.2) is 53.0 Å². The molecule has 2 aromatic rings. The minimum atomic E-state index is 0.310. The summed E-state index contributed by atoms with van der Waals surface area (Å²) < 4.78 is 6.48. The zero-order chi connectivity index (χ0) is 13.7. The molecular weight excluding hydrogens is 302 g/mol. The smallest absolute Gasteiger partial charge is 0.122 e. The lowest BCUT2D eigenvalue weighted by Crippen LogP contribution is -2.15. The van der Waals surface area contributed by atoms with Crippen LogP contribution in [0.4, 0.5) is 0 Å². The topological polar surface area (TPSA) is 35.2 Å². The third kappa shape index (κ3) is 3.58. The predicted molar refractivity (Wildman–Crippen MR) is 82.6 cm³/mol. The van der Waals surface area contributed by atoms with Gasteiger partial charge in [-0.1, -0.05) is 46.3 Å². The summed E-state index contributed by atoms with van der Waals surface area (Å²) in [5, 5.41) is 0. The Morgan fingerprint density at radius 2 is 1.79 bits per heavy atom. The fourth-order valence-corrected chi connectivity index (χ4v) is 2.47. The lowest BCUT2D eigenvalue weighted by Gasteiger charge is -2.17. The van der Waals surface area contributed by atoms with Crippen LogP contribution in [0.3, 0.4) is 0 Å². The average molecular weight is 320 g/mol. The molecule has 0 heterocycles. The molecule has 0 spiro atoms. The Morgan fingerprint density at radius 3 is 2.42 bits per heavy atom. The van der Waals surface area contributed by atoms with Gasteiger partial charge in [-0.05, 0) is 42.3 Å². The van der Waals surface area contributed by atoms with Gasteiger partial charge in [-0.25, -0.2) is 0 Å². The Bertz CT molecular complexity index is 525. The predicted octanol–water partition coefficient (Wildman–Crippen LogP) is 3.74. The van der Waals surface area contributed by atoms with E-state index >= 15 is 0 Å². The number of halogens is 1. The highest BCUT2D eigenvalue weighted by molar-refractivity contribution is 9.10. The molecule has 2 nitrogen and oxygen atoms in total. The number of para-hydroxylation sites is 1. The number of hydrogen-bond acceptors (Lipinski definition) is 2. The summed E-state index contributed by atoms with van der Waals surface area (Å²) >= 11 is 3.45. The SMILES string of the molecule is COc1ccccc1CC(CN)c1ccc(Br)cc1. The molecule has 0 bridgehead atoms. The largest absolute Gasteiger partial charge is 0.496 e. The van der Waals surface area contributed by atoms with Gasteiger partial charge in [0.15, 0.2) is 0 Å². The van der Waals surface area contributed by atoms with Gasteiger partial charge in [0.25, 0.3) is 0 Å². The summed E-state index contributed by atoms with van der Waals surface area (Å²) in [5.41, 5.74) is 8.39.